The van der Waals surface area contributed by atoms with Crippen molar-refractivity contribution in [3.8, 4) is 0 Å². The van der Waals surface area contributed by atoms with Crippen molar-refractivity contribution in [2.24, 2.45) is 0 Å². The van der Waals surface area contributed by atoms with Crippen molar-refractivity contribution >= 4 is 17.7 Å². The molecule has 1 aromatic rings. The molecule has 0 radical (unpaired) electrons. The van der Waals surface area contributed by atoms with Gasteiger partial charge >= 0.3 is 0 Å². The third-order valence-corrected chi connectivity index (χ3v) is 4.20. The minimum atomic E-state index is 0.128. The van der Waals surface area contributed by atoms with E-state index >= 15 is 0 Å². The van der Waals surface area contributed by atoms with E-state index in [1.165, 1.54) is 10.5 Å². The maximum Gasteiger partial charge on any atom is 0.221 e. The van der Waals surface area contributed by atoms with Crippen LogP contribution in [0.4, 0.5) is 0 Å². The lowest BCUT2D eigenvalue weighted by molar-refractivity contribution is -0.120. The second-order valence-corrected chi connectivity index (χ2v) is 5.52. The van der Waals surface area contributed by atoms with Crippen LogP contribution in [0.2, 0.25) is 0 Å². The number of rotatable bonds is 5. The number of amides is 1. The van der Waals surface area contributed by atoms with Gasteiger partial charge in [-0.2, -0.15) is 0 Å². The van der Waals surface area contributed by atoms with Crippen molar-refractivity contribution in [1.82, 2.24) is 10.6 Å². The fourth-order valence-corrected chi connectivity index (χ4v) is 3.32. The molecule has 0 saturated carbocycles. The third-order valence-electron chi connectivity index (χ3n) is 3.08. The van der Waals surface area contributed by atoms with E-state index in [1.54, 1.807) is 0 Å². The van der Waals surface area contributed by atoms with Gasteiger partial charge in [0, 0.05) is 30.4 Å². The van der Waals surface area contributed by atoms with E-state index in [2.05, 4.69) is 34.9 Å². The Kier molecular flexibility index (Phi) is 5.08. The Hall–Kier alpha value is -1.00. The van der Waals surface area contributed by atoms with E-state index in [4.69, 9.17) is 0 Å². The van der Waals surface area contributed by atoms with Crippen LogP contribution in [-0.4, -0.2) is 24.7 Å². The van der Waals surface area contributed by atoms with Crippen LogP contribution in [0.5, 0.6) is 0 Å². The second-order valence-electron chi connectivity index (χ2n) is 4.39. The van der Waals surface area contributed by atoms with Crippen molar-refractivity contribution in [1.29, 1.82) is 0 Å². The van der Waals surface area contributed by atoms with Crippen molar-refractivity contribution in [2.45, 2.75) is 30.7 Å². The lowest BCUT2D eigenvalue weighted by Crippen LogP contribution is -2.30. The Bertz CT molecular complexity index is 409. The first-order valence-electron chi connectivity index (χ1n) is 6.53. The van der Waals surface area contributed by atoms with E-state index < -0.39 is 0 Å². The fraction of sp³-hybridized carbons (Fsp3) is 0.500. The summed E-state index contributed by atoms with van der Waals surface area (Å²) in [7, 11) is 0. The first-order chi connectivity index (χ1) is 8.81. The van der Waals surface area contributed by atoms with Crippen molar-refractivity contribution in [2.75, 3.05) is 18.8 Å². The van der Waals surface area contributed by atoms with E-state index in [9.17, 15) is 4.79 Å². The Morgan fingerprint density at radius 2 is 2.28 bits per heavy atom. The zero-order valence-electron chi connectivity index (χ0n) is 10.7. The van der Waals surface area contributed by atoms with E-state index in [0.29, 0.717) is 19.0 Å². The average Bonchev–Trinajstić information content (AvgIpc) is 2.39. The highest BCUT2D eigenvalue weighted by molar-refractivity contribution is 7.99. The number of fused-ring (bicyclic) bond motifs is 1. The van der Waals surface area contributed by atoms with Gasteiger partial charge in [-0.1, -0.05) is 18.2 Å². The van der Waals surface area contributed by atoms with Crippen LogP contribution in [0.3, 0.4) is 0 Å². The highest BCUT2D eigenvalue weighted by Gasteiger charge is 2.19. The smallest absolute Gasteiger partial charge is 0.221 e. The molecule has 1 amide bonds. The van der Waals surface area contributed by atoms with Crippen LogP contribution >= 0.6 is 11.8 Å². The van der Waals surface area contributed by atoms with Crippen molar-refractivity contribution in [3.63, 3.8) is 0 Å². The summed E-state index contributed by atoms with van der Waals surface area (Å²) in [5.74, 6) is 1.28. The van der Waals surface area contributed by atoms with Gasteiger partial charge in [0.1, 0.15) is 0 Å². The quantitative estimate of drug-likeness (QED) is 0.857. The van der Waals surface area contributed by atoms with Gasteiger partial charge in [-0.3, -0.25) is 4.79 Å². The number of carbonyl (C=O) groups excluding carboxylic acids is 1. The van der Waals surface area contributed by atoms with Gasteiger partial charge < -0.3 is 10.6 Å². The molecule has 0 spiro atoms. The van der Waals surface area contributed by atoms with Crippen LogP contribution in [0.25, 0.3) is 0 Å². The number of thioether (sulfide) groups is 1. The molecular weight excluding hydrogens is 244 g/mol. The molecule has 0 aromatic heterocycles. The third kappa shape index (κ3) is 3.50. The molecule has 1 atom stereocenters. The maximum absolute atomic E-state index is 11.4. The van der Waals surface area contributed by atoms with Crippen LogP contribution in [0, 0.1) is 0 Å². The molecule has 98 valence electrons. The summed E-state index contributed by atoms with van der Waals surface area (Å²) in [6.07, 6.45) is 1.69. The SMILES string of the molecule is CCNC(=O)CCNC1CCSc2ccccc21. The summed E-state index contributed by atoms with van der Waals surface area (Å²) < 4.78 is 0. The lowest BCUT2D eigenvalue weighted by atomic mass is 10.0. The summed E-state index contributed by atoms with van der Waals surface area (Å²) in [4.78, 5) is 12.7. The molecule has 4 heteroatoms. The van der Waals surface area contributed by atoms with Crippen LogP contribution in [0.1, 0.15) is 31.4 Å². The summed E-state index contributed by atoms with van der Waals surface area (Å²) >= 11 is 1.92. The predicted molar refractivity (Wildman–Crippen MR) is 75.8 cm³/mol. The summed E-state index contributed by atoms with van der Waals surface area (Å²) in [5.41, 5.74) is 1.38. The van der Waals surface area contributed by atoms with Gasteiger partial charge in [0.25, 0.3) is 0 Å². The Morgan fingerprint density at radius 3 is 3.11 bits per heavy atom. The molecule has 0 aliphatic carbocycles. The summed E-state index contributed by atoms with van der Waals surface area (Å²) in [5, 5.41) is 6.31. The molecule has 1 heterocycles. The molecule has 1 aliphatic rings. The van der Waals surface area contributed by atoms with E-state index in [-0.39, 0.29) is 5.91 Å². The van der Waals surface area contributed by atoms with E-state index in [1.807, 2.05) is 18.7 Å². The Balaban J connectivity index is 1.86. The van der Waals surface area contributed by atoms with E-state index in [0.717, 1.165) is 18.7 Å². The van der Waals surface area contributed by atoms with Crippen LogP contribution < -0.4 is 10.6 Å². The molecule has 2 rings (SSSR count). The molecule has 1 unspecified atom stereocenters. The fourth-order valence-electron chi connectivity index (χ4n) is 2.20. The van der Waals surface area contributed by atoms with Crippen molar-refractivity contribution < 1.29 is 4.79 Å². The van der Waals surface area contributed by atoms with Gasteiger partial charge in [-0.25, -0.2) is 0 Å². The zero-order chi connectivity index (χ0) is 12.8. The van der Waals surface area contributed by atoms with Gasteiger partial charge in [-0.15, -0.1) is 11.8 Å². The topological polar surface area (TPSA) is 41.1 Å². The average molecular weight is 264 g/mol. The number of hydrogen-bond acceptors (Lipinski definition) is 3. The molecule has 0 fully saturated rings. The Labute approximate surface area is 113 Å². The van der Waals surface area contributed by atoms with Crippen LogP contribution in [-0.2, 0) is 4.79 Å². The maximum atomic E-state index is 11.4. The monoisotopic (exact) mass is 264 g/mol. The highest BCUT2D eigenvalue weighted by Crippen LogP contribution is 2.35. The number of benzene rings is 1. The van der Waals surface area contributed by atoms with Gasteiger partial charge in [0.05, 0.1) is 0 Å². The minimum absolute atomic E-state index is 0.128. The lowest BCUT2D eigenvalue weighted by Gasteiger charge is -2.25. The van der Waals surface area contributed by atoms with Gasteiger partial charge in [-0.05, 0) is 30.7 Å². The first kappa shape index (κ1) is 13.4. The molecule has 0 bridgehead atoms. The summed E-state index contributed by atoms with van der Waals surface area (Å²) in [6, 6.07) is 8.94. The van der Waals surface area contributed by atoms with Crippen molar-refractivity contribution in [3.05, 3.63) is 29.8 Å². The second kappa shape index (κ2) is 6.81. The zero-order valence-corrected chi connectivity index (χ0v) is 11.6. The minimum Gasteiger partial charge on any atom is -0.356 e. The highest BCUT2D eigenvalue weighted by atomic mass is 32.2. The molecule has 18 heavy (non-hydrogen) atoms. The predicted octanol–water partition coefficient (Wildman–Crippen LogP) is 2.34. The van der Waals surface area contributed by atoms with Gasteiger partial charge in [0.15, 0.2) is 0 Å². The normalized spacial score (nSPS) is 18.2. The molecule has 1 aliphatic heterocycles. The molecule has 3 nitrogen and oxygen atoms in total. The largest absolute Gasteiger partial charge is 0.356 e. The standard InChI is InChI=1S/C14H20N2OS/c1-2-15-14(17)7-9-16-12-8-10-18-13-6-4-3-5-11(12)13/h3-6,12,16H,2,7-10H2,1H3,(H,15,17). The molecular formula is C14H20N2OS. The molecule has 0 saturated heterocycles. The van der Waals surface area contributed by atoms with Gasteiger partial charge in [0.2, 0.25) is 5.91 Å². The number of nitrogens with one attached hydrogen (secondary N) is 2. The van der Waals surface area contributed by atoms with Crippen LogP contribution in [0.15, 0.2) is 29.2 Å². The molecule has 2 N–H and O–H groups in total. The Morgan fingerprint density at radius 1 is 1.44 bits per heavy atom. The first-order valence-corrected chi connectivity index (χ1v) is 7.51. The number of hydrogen-bond donors (Lipinski definition) is 2. The number of carbonyl (C=O) groups is 1. The summed E-state index contributed by atoms with van der Waals surface area (Å²) in [6.45, 7) is 3.40. The molecule has 1 aromatic carbocycles.